The molecule has 1 nitrogen and oxygen atoms in total. The third-order valence-electron chi connectivity index (χ3n) is 0.922. The molecule has 0 saturated carbocycles. The number of hydrogen-bond acceptors (Lipinski definition) is 0. The van der Waals surface area contributed by atoms with Crippen molar-refractivity contribution in [2.45, 2.75) is 6.92 Å². The average Bonchev–Trinajstić information content (AvgIpc) is 1.64. The van der Waals surface area contributed by atoms with Gasteiger partial charge in [0.05, 0.1) is 0 Å². The third-order valence-corrected chi connectivity index (χ3v) is 1.14. The predicted molar refractivity (Wildman–Crippen MR) is 32.7 cm³/mol. The molecule has 0 saturated heterocycles. The van der Waals surface area contributed by atoms with Crippen molar-refractivity contribution in [1.82, 2.24) is 0 Å². The quantitative estimate of drug-likeness (QED) is 0.470. The van der Waals surface area contributed by atoms with E-state index in [1.54, 1.807) is 0 Å². The predicted octanol–water partition coefficient (Wildman–Crippen LogP) is 1.46. The highest BCUT2D eigenvalue weighted by molar-refractivity contribution is 6.28. The number of aryl methyl sites for hydroxylation is 1. The first-order chi connectivity index (χ1) is 3.79. The fraction of sp³-hybridized carbons (Fsp3) is 0.167. The molecule has 0 aromatic carbocycles. The molecule has 2 heteroatoms. The van der Waals surface area contributed by atoms with Gasteiger partial charge in [0.2, 0.25) is 0 Å². The Kier molecular flexibility index (Phi) is 1.49. The highest BCUT2D eigenvalue weighted by Gasteiger charge is 1.91. The Balaban J connectivity index is 3.08. The van der Waals surface area contributed by atoms with Crippen molar-refractivity contribution in [1.29, 1.82) is 0 Å². The van der Waals surface area contributed by atoms with Gasteiger partial charge in [-0.05, 0) is 24.1 Å². The van der Waals surface area contributed by atoms with E-state index in [0.717, 1.165) is 0 Å². The first kappa shape index (κ1) is 5.57. The van der Waals surface area contributed by atoms with Crippen molar-refractivity contribution in [2.75, 3.05) is 0 Å². The highest BCUT2D eigenvalue weighted by atomic mass is 35.5. The molecular formula is C6H7ClN+. The summed E-state index contributed by atoms with van der Waals surface area (Å²) in [6.45, 7) is 2.00. The van der Waals surface area contributed by atoms with E-state index >= 15 is 0 Å². The minimum Gasteiger partial charge on any atom is -0.201 e. The second-order valence-electron chi connectivity index (χ2n) is 1.71. The maximum Gasteiger partial charge on any atom is 0.273 e. The zero-order chi connectivity index (χ0) is 5.98. The SMILES string of the molecule is Cc1cc[nH+]c(Cl)c1. The molecule has 0 aliphatic carbocycles. The molecule has 1 N–H and O–H groups in total. The Morgan fingerprint density at radius 1 is 1.62 bits per heavy atom. The van der Waals surface area contributed by atoms with Crippen LogP contribution in [0.3, 0.4) is 0 Å². The molecule has 0 aliphatic rings. The number of rotatable bonds is 0. The fourth-order valence-corrected chi connectivity index (χ4v) is 0.777. The van der Waals surface area contributed by atoms with E-state index in [4.69, 9.17) is 11.6 Å². The number of nitrogens with one attached hydrogen (secondary N) is 1. The van der Waals surface area contributed by atoms with Gasteiger partial charge in [0.25, 0.3) is 5.15 Å². The van der Waals surface area contributed by atoms with Gasteiger partial charge in [-0.2, -0.15) is 0 Å². The highest BCUT2D eigenvalue weighted by Crippen LogP contribution is 2.00. The number of hydrogen-bond donors (Lipinski definition) is 0. The topological polar surface area (TPSA) is 14.1 Å². The average molecular weight is 129 g/mol. The van der Waals surface area contributed by atoms with E-state index in [9.17, 15) is 0 Å². The Hall–Kier alpha value is -0.560. The van der Waals surface area contributed by atoms with E-state index in [0.29, 0.717) is 5.15 Å². The van der Waals surface area contributed by atoms with Crippen LogP contribution in [0.1, 0.15) is 5.56 Å². The van der Waals surface area contributed by atoms with Crippen molar-refractivity contribution < 1.29 is 4.98 Å². The van der Waals surface area contributed by atoms with Crippen LogP contribution in [0, 0.1) is 6.92 Å². The molecule has 1 aromatic heterocycles. The molecule has 1 heterocycles. The van der Waals surface area contributed by atoms with Gasteiger partial charge in [0, 0.05) is 12.1 Å². The molecule has 42 valence electrons. The summed E-state index contributed by atoms with van der Waals surface area (Å²) >= 11 is 5.59. The number of aromatic nitrogens is 1. The van der Waals surface area contributed by atoms with Crippen molar-refractivity contribution in [2.24, 2.45) is 0 Å². The molecule has 1 rings (SSSR count). The van der Waals surface area contributed by atoms with Crippen LogP contribution in [0.2, 0.25) is 5.15 Å². The van der Waals surface area contributed by atoms with Crippen molar-refractivity contribution in [3.8, 4) is 0 Å². The number of halogens is 1. The van der Waals surface area contributed by atoms with Crippen LogP contribution >= 0.6 is 11.6 Å². The van der Waals surface area contributed by atoms with Gasteiger partial charge in [-0.1, -0.05) is 0 Å². The van der Waals surface area contributed by atoms with Gasteiger partial charge in [0.1, 0.15) is 0 Å². The van der Waals surface area contributed by atoms with Gasteiger partial charge in [-0.25, -0.2) is 4.98 Å². The van der Waals surface area contributed by atoms with Gasteiger partial charge >= 0.3 is 0 Å². The standard InChI is InChI=1S/C6H6ClN/c1-5-2-3-8-6(7)4-5/h2-4H,1H3/p+1. The van der Waals surface area contributed by atoms with Gasteiger partial charge in [-0.3, -0.25) is 0 Å². The summed E-state index contributed by atoms with van der Waals surface area (Å²) in [5.74, 6) is 0. The summed E-state index contributed by atoms with van der Waals surface area (Å²) in [6.07, 6.45) is 1.82. The zero-order valence-electron chi connectivity index (χ0n) is 4.61. The van der Waals surface area contributed by atoms with Crippen LogP contribution in [0.25, 0.3) is 0 Å². The minimum absolute atomic E-state index is 0.685. The van der Waals surface area contributed by atoms with E-state index in [1.807, 2.05) is 25.3 Å². The van der Waals surface area contributed by atoms with Crippen LogP contribution in [-0.4, -0.2) is 0 Å². The molecule has 0 fully saturated rings. The summed E-state index contributed by atoms with van der Waals surface area (Å²) in [4.78, 5) is 2.84. The maximum atomic E-state index is 5.59. The fourth-order valence-electron chi connectivity index (χ4n) is 0.542. The molecular weight excluding hydrogens is 122 g/mol. The lowest BCUT2D eigenvalue weighted by molar-refractivity contribution is -0.375. The first-order valence-corrected chi connectivity index (χ1v) is 2.80. The van der Waals surface area contributed by atoms with Gasteiger partial charge < -0.3 is 0 Å². The summed E-state index contributed by atoms with van der Waals surface area (Å²) < 4.78 is 0. The van der Waals surface area contributed by atoms with Crippen LogP contribution in [0.5, 0.6) is 0 Å². The lowest BCUT2D eigenvalue weighted by atomic mass is 10.3. The van der Waals surface area contributed by atoms with Crippen molar-refractivity contribution in [3.05, 3.63) is 29.0 Å². The zero-order valence-corrected chi connectivity index (χ0v) is 5.37. The minimum atomic E-state index is 0.685. The largest absolute Gasteiger partial charge is 0.273 e. The van der Waals surface area contributed by atoms with E-state index in [2.05, 4.69) is 4.98 Å². The number of pyridine rings is 1. The van der Waals surface area contributed by atoms with Crippen molar-refractivity contribution >= 4 is 11.6 Å². The summed E-state index contributed by atoms with van der Waals surface area (Å²) in [6, 6.07) is 3.84. The van der Waals surface area contributed by atoms with E-state index in [-0.39, 0.29) is 0 Å². The Labute approximate surface area is 53.3 Å². The third kappa shape index (κ3) is 1.20. The molecule has 1 aromatic rings. The smallest absolute Gasteiger partial charge is 0.201 e. The monoisotopic (exact) mass is 128 g/mol. The van der Waals surface area contributed by atoms with Crippen LogP contribution < -0.4 is 4.98 Å². The Morgan fingerprint density at radius 2 is 2.38 bits per heavy atom. The normalized spacial score (nSPS) is 9.25. The van der Waals surface area contributed by atoms with E-state index in [1.165, 1.54) is 5.56 Å². The number of aromatic amines is 1. The van der Waals surface area contributed by atoms with E-state index < -0.39 is 0 Å². The molecule has 8 heavy (non-hydrogen) atoms. The van der Waals surface area contributed by atoms with Crippen LogP contribution in [-0.2, 0) is 0 Å². The summed E-state index contributed by atoms with van der Waals surface area (Å²) in [5.41, 5.74) is 1.17. The van der Waals surface area contributed by atoms with Gasteiger partial charge in [0.15, 0.2) is 6.20 Å². The Bertz CT molecular complexity index is 168. The molecule has 0 bridgehead atoms. The van der Waals surface area contributed by atoms with Crippen LogP contribution in [0.15, 0.2) is 18.3 Å². The second-order valence-corrected chi connectivity index (χ2v) is 2.12. The van der Waals surface area contributed by atoms with Gasteiger partial charge in [-0.15, -0.1) is 0 Å². The first-order valence-electron chi connectivity index (χ1n) is 2.43. The molecule has 0 atom stereocenters. The second kappa shape index (κ2) is 2.14. The molecule has 0 spiro atoms. The van der Waals surface area contributed by atoms with Crippen LogP contribution in [0.4, 0.5) is 0 Å². The lowest BCUT2D eigenvalue weighted by Crippen LogP contribution is -2.00. The Morgan fingerprint density at radius 3 is 2.75 bits per heavy atom. The number of H-pyrrole nitrogens is 1. The molecule has 0 aliphatic heterocycles. The maximum absolute atomic E-state index is 5.59. The van der Waals surface area contributed by atoms with Crippen molar-refractivity contribution in [3.63, 3.8) is 0 Å². The summed E-state index contributed by atoms with van der Waals surface area (Å²) in [5, 5.41) is 0.685. The molecule has 0 unspecified atom stereocenters. The molecule has 0 amide bonds. The summed E-state index contributed by atoms with van der Waals surface area (Å²) in [7, 11) is 0. The molecule has 0 radical (unpaired) electrons. The lowest BCUT2D eigenvalue weighted by Gasteiger charge is -1.82.